The molecule has 0 radical (unpaired) electrons. The van der Waals surface area contributed by atoms with E-state index < -0.39 is 0 Å². The molecule has 0 unspecified atom stereocenters. The van der Waals surface area contributed by atoms with Crippen LogP contribution in [0.5, 0.6) is 0 Å². The zero-order chi connectivity index (χ0) is 13.7. The summed E-state index contributed by atoms with van der Waals surface area (Å²) >= 11 is 3.46. The summed E-state index contributed by atoms with van der Waals surface area (Å²) in [6, 6.07) is 6.07. The van der Waals surface area contributed by atoms with Crippen LogP contribution >= 0.6 is 15.9 Å². The Bertz CT molecular complexity index is 540. The maximum atomic E-state index is 5.54. The number of methoxy groups -OCH3 is 1. The minimum atomic E-state index is 0.655. The first-order valence-corrected chi connectivity index (χ1v) is 6.90. The Hall–Kier alpha value is -1.17. The quantitative estimate of drug-likeness (QED) is 0.829. The molecule has 1 aromatic carbocycles. The molecule has 0 aliphatic heterocycles. The largest absolute Gasteiger partial charge is 0.444 e. The van der Waals surface area contributed by atoms with Crippen molar-refractivity contribution in [1.29, 1.82) is 0 Å². The van der Waals surface area contributed by atoms with Gasteiger partial charge in [-0.3, -0.25) is 0 Å². The van der Waals surface area contributed by atoms with E-state index in [1.54, 1.807) is 13.4 Å². The van der Waals surface area contributed by atoms with Gasteiger partial charge in [0.15, 0.2) is 0 Å². The highest BCUT2D eigenvalue weighted by molar-refractivity contribution is 9.10. The summed E-state index contributed by atoms with van der Waals surface area (Å²) in [5.74, 6) is 0.655. The molecule has 0 aliphatic rings. The third-order valence-electron chi connectivity index (χ3n) is 2.77. The second-order valence-electron chi connectivity index (χ2n) is 4.27. The highest BCUT2D eigenvalue weighted by Crippen LogP contribution is 2.26. The van der Waals surface area contributed by atoms with Gasteiger partial charge in [-0.2, -0.15) is 0 Å². The Balaban J connectivity index is 2.06. The fourth-order valence-electron chi connectivity index (χ4n) is 1.73. The van der Waals surface area contributed by atoms with E-state index in [0.717, 1.165) is 27.8 Å². The molecular formula is C14H17BrN2O2. The van der Waals surface area contributed by atoms with Gasteiger partial charge in [0.2, 0.25) is 5.89 Å². The van der Waals surface area contributed by atoms with Crippen LogP contribution < -0.4 is 5.32 Å². The van der Waals surface area contributed by atoms with E-state index in [0.29, 0.717) is 19.0 Å². The average Bonchev–Trinajstić information content (AvgIpc) is 2.86. The number of benzene rings is 1. The van der Waals surface area contributed by atoms with Gasteiger partial charge in [-0.05, 0) is 24.6 Å². The molecule has 5 heteroatoms. The van der Waals surface area contributed by atoms with Crippen LogP contribution in [0.2, 0.25) is 0 Å². The summed E-state index contributed by atoms with van der Waals surface area (Å²) < 4.78 is 11.5. The summed E-state index contributed by atoms with van der Waals surface area (Å²) in [7, 11) is 1.69. The molecule has 1 N–H and O–H groups in total. The van der Waals surface area contributed by atoms with Crippen molar-refractivity contribution in [1.82, 2.24) is 10.3 Å². The van der Waals surface area contributed by atoms with Crippen molar-refractivity contribution in [2.24, 2.45) is 0 Å². The summed E-state index contributed by atoms with van der Waals surface area (Å²) in [5, 5.41) is 3.24. The number of aryl methyl sites for hydroxylation is 1. The average molecular weight is 325 g/mol. The third-order valence-corrected chi connectivity index (χ3v) is 3.26. The van der Waals surface area contributed by atoms with Crippen molar-refractivity contribution in [2.75, 3.05) is 20.3 Å². The molecule has 0 aliphatic carbocycles. The molecule has 0 fully saturated rings. The highest BCUT2D eigenvalue weighted by atomic mass is 79.9. The minimum absolute atomic E-state index is 0.655. The fourth-order valence-corrected chi connectivity index (χ4v) is 2.09. The number of hydrogen-bond donors (Lipinski definition) is 1. The molecule has 4 nitrogen and oxygen atoms in total. The van der Waals surface area contributed by atoms with Gasteiger partial charge in [-0.1, -0.05) is 22.0 Å². The maximum absolute atomic E-state index is 5.54. The highest BCUT2D eigenvalue weighted by Gasteiger charge is 2.09. The lowest BCUT2D eigenvalue weighted by Gasteiger charge is -2.02. The van der Waals surface area contributed by atoms with Crippen LogP contribution in [-0.2, 0) is 11.3 Å². The number of rotatable bonds is 6. The van der Waals surface area contributed by atoms with Crippen LogP contribution in [0.15, 0.2) is 33.4 Å². The van der Waals surface area contributed by atoms with Gasteiger partial charge in [0.1, 0.15) is 6.26 Å². The van der Waals surface area contributed by atoms with Crippen LogP contribution in [0.1, 0.15) is 11.3 Å². The molecule has 0 spiro atoms. The number of halogens is 1. The van der Waals surface area contributed by atoms with Crippen molar-refractivity contribution in [3.8, 4) is 11.5 Å². The van der Waals surface area contributed by atoms with Crippen molar-refractivity contribution in [2.45, 2.75) is 13.5 Å². The monoisotopic (exact) mass is 324 g/mol. The molecule has 19 heavy (non-hydrogen) atoms. The van der Waals surface area contributed by atoms with Crippen LogP contribution in [0.3, 0.4) is 0 Å². The van der Waals surface area contributed by atoms with Crippen LogP contribution in [-0.4, -0.2) is 25.2 Å². The Morgan fingerprint density at radius 2 is 2.26 bits per heavy atom. The Labute approximate surface area is 121 Å². The lowest BCUT2D eigenvalue weighted by atomic mass is 10.1. The molecule has 1 heterocycles. The lowest BCUT2D eigenvalue weighted by Crippen LogP contribution is -2.18. The normalized spacial score (nSPS) is 10.9. The van der Waals surface area contributed by atoms with Gasteiger partial charge in [-0.25, -0.2) is 4.98 Å². The van der Waals surface area contributed by atoms with E-state index in [1.807, 2.05) is 25.1 Å². The molecule has 0 saturated heterocycles. The first-order chi connectivity index (χ1) is 9.20. The number of ether oxygens (including phenoxy) is 1. The molecule has 2 aromatic rings. The Morgan fingerprint density at radius 1 is 1.42 bits per heavy atom. The first kappa shape index (κ1) is 14.2. The minimum Gasteiger partial charge on any atom is -0.444 e. The van der Waals surface area contributed by atoms with E-state index in [1.165, 1.54) is 0 Å². The topological polar surface area (TPSA) is 47.3 Å². The van der Waals surface area contributed by atoms with Crippen molar-refractivity contribution < 1.29 is 9.15 Å². The van der Waals surface area contributed by atoms with Crippen LogP contribution in [0, 0.1) is 6.92 Å². The van der Waals surface area contributed by atoms with Gasteiger partial charge >= 0.3 is 0 Å². The molecule has 0 atom stereocenters. The molecular weight excluding hydrogens is 308 g/mol. The molecule has 102 valence electrons. The number of hydrogen-bond acceptors (Lipinski definition) is 4. The summed E-state index contributed by atoms with van der Waals surface area (Å²) in [6.45, 7) is 4.21. The second-order valence-corrected chi connectivity index (χ2v) is 5.19. The predicted molar refractivity (Wildman–Crippen MR) is 78.0 cm³/mol. The van der Waals surface area contributed by atoms with E-state index in [2.05, 4.69) is 26.2 Å². The summed E-state index contributed by atoms with van der Waals surface area (Å²) in [5.41, 5.74) is 3.05. The van der Waals surface area contributed by atoms with Crippen molar-refractivity contribution in [3.05, 3.63) is 40.2 Å². The number of oxazole rings is 1. The zero-order valence-electron chi connectivity index (χ0n) is 11.1. The molecule has 0 saturated carbocycles. The van der Waals surface area contributed by atoms with Crippen LogP contribution in [0.25, 0.3) is 11.5 Å². The fraction of sp³-hybridized carbons (Fsp3) is 0.357. The second kappa shape index (κ2) is 6.84. The van der Waals surface area contributed by atoms with E-state index in [4.69, 9.17) is 9.15 Å². The molecule has 0 bridgehead atoms. The zero-order valence-corrected chi connectivity index (χ0v) is 12.7. The Kier molecular flexibility index (Phi) is 5.13. The van der Waals surface area contributed by atoms with Crippen molar-refractivity contribution >= 4 is 15.9 Å². The first-order valence-electron chi connectivity index (χ1n) is 6.11. The third kappa shape index (κ3) is 3.89. The predicted octanol–water partition coefficient (Wildman–Crippen LogP) is 3.15. The SMILES string of the molecule is COCCNCc1coc(-c2cc(Br)ccc2C)n1. The van der Waals surface area contributed by atoms with Gasteiger partial charge in [0.25, 0.3) is 0 Å². The van der Waals surface area contributed by atoms with Crippen molar-refractivity contribution in [3.63, 3.8) is 0 Å². The molecule has 0 amide bonds. The van der Waals surface area contributed by atoms with E-state index in [9.17, 15) is 0 Å². The van der Waals surface area contributed by atoms with Crippen LogP contribution in [0.4, 0.5) is 0 Å². The van der Waals surface area contributed by atoms with E-state index >= 15 is 0 Å². The smallest absolute Gasteiger partial charge is 0.226 e. The molecule has 1 aromatic heterocycles. The number of nitrogens with one attached hydrogen (secondary N) is 1. The Morgan fingerprint density at radius 3 is 3.05 bits per heavy atom. The summed E-state index contributed by atoms with van der Waals surface area (Å²) in [4.78, 5) is 4.49. The van der Waals surface area contributed by atoms with Gasteiger partial charge in [0.05, 0.1) is 12.3 Å². The maximum Gasteiger partial charge on any atom is 0.226 e. The van der Waals surface area contributed by atoms with Gasteiger partial charge < -0.3 is 14.5 Å². The van der Waals surface area contributed by atoms with Gasteiger partial charge in [0, 0.05) is 30.2 Å². The number of aromatic nitrogens is 1. The van der Waals surface area contributed by atoms with Gasteiger partial charge in [-0.15, -0.1) is 0 Å². The number of nitrogens with zero attached hydrogens (tertiary/aromatic N) is 1. The molecule has 2 rings (SSSR count). The summed E-state index contributed by atoms with van der Waals surface area (Å²) in [6.07, 6.45) is 1.69. The standard InChI is InChI=1S/C14H17BrN2O2/c1-10-3-4-11(15)7-13(10)14-17-12(9-19-14)8-16-5-6-18-2/h3-4,7,9,16H,5-6,8H2,1-2H3. The van der Waals surface area contributed by atoms with E-state index in [-0.39, 0.29) is 0 Å². The lowest BCUT2D eigenvalue weighted by molar-refractivity contribution is 0.199.